The lowest BCUT2D eigenvalue weighted by Gasteiger charge is -2.28. The Bertz CT molecular complexity index is 422. The van der Waals surface area contributed by atoms with Crippen LogP contribution in [0.1, 0.15) is 10.4 Å². The number of nitrogens with zero attached hydrogens (tertiary/aromatic N) is 1. The van der Waals surface area contributed by atoms with Gasteiger partial charge in [-0.1, -0.05) is 0 Å². The van der Waals surface area contributed by atoms with E-state index < -0.39 is 34.7 Å². The van der Waals surface area contributed by atoms with Crippen molar-refractivity contribution in [1.29, 1.82) is 0 Å². The molecule has 0 fully saturated rings. The van der Waals surface area contributed by atoms with Gasteiger partial charge in [-0.05, 0) is 24.3 Å². The van der Waals surface area contributed by atoms with Crippen molar-refractivity contribution in [2.24, 2.45) is 0 Å². The van der Waals surface area contributed by atoms with Crippen LogP contribution < -0.4 is 4.90 Å². The Balaban J connectivity index is 3.20. The van der Waals surface area contributed by atoms with Crippen molar-refractivity contribution in [2.45, 2.75) is 12.6 Å². The molecule has 0 aliphatic carbocycles. The quantitative estimate of drug-likeness (QED) is 0.664. The first kappa shape index (κ1) is 14.1. The summed E-state index contributed by atoms with van der Waals surface area (Å²) in [5.74, 6) is -1.45. The normalized spacial score (nSPS) is 12.3. The van der Waals surface area contributed by atoms with Crippen LogP contribution >= 0.6 is 0 Å². The second kappa shape index (κ2) is 4.39. The minimum atomic E-state index is -5.65. The molecule has 3 nitrogen and oxygen atoms in total. The zero-order valence-electron chi connectivity index (χ0n) is 8.38. The first-order valence-corrected chi connectivity index (χ1v) is 4.30. The molecule has 9 heteroatoms. The lowest BCUT2D eigenvalue weighted by molar-refractivity contribution is -0.226. The van der Waals surface area contributed by atoms with Gasteiger partial charge in [0.25, 0.3) is 0 Å². The maximum absolute atomic E-state index is 12.3. The molecule has 0 saturated carbocycles. The molecule has 0 aromatic heterocycles. The molecule has 100 valence electrons. The molecule has 1 aromatic rings. The fraction of sp³-hybridized carbons (Fsp3) is 0.222. The lowest BCUT2D eigenvalue weighted by atomic mass is 10.2. The van der Waals surface area contributed by atoms with Crippen LogP contribution in [0, 0.1) is 0 Å². The van der Waals surface area contributed by atoms with Crippen LogP contribution in [0.5, 0.6) is 0 Å². The third-order valence-corrected chi connectivity index (χ3v) is 1.88. The number of rotatable bonds is 2. The zero-order chi connectivity index (χ0) is 14.1. The summed E-state index contributed by atoms with van der Waals surface area (Å²) in [6.07, 6.45) is -11.3. The van der Waals surface area contributed by atoms with Gasteiger partial charge in [-0.2, -0.15) is 4.90 Å². The van der Waals surface area contributed by atoms with E-state index in [1.54, 1.807) is 0 Å². The molecular weight excluding hydrogens is 268 g/mol. The van der Waals surface area contributed by atoms with Crippen LogP contribution in [0.25, 0.3) is 0 Å². The van der Waals surface area contributed by atoms with E-state index in [1.165, 1.54) is 0 Å². The van der Waals surface area contributed by atoms with Gasteiger partial charge in [0.2, 0.25) is 0 Å². The molecule has 0 aliphatic rings. The van der Waals surface area contributed by atoms with Gasteiger partial charge in [-0.25, -0.2) is 4.79 Å². The smallest absolute Gasteiger partial charge is 0.478 e. The molecule has 1 aromatic carbocycles. The van der Waals surface area contributed by atoms with Crippen molar-refractivity contribution in [3.63, 3.8) is 0 Å². The topological polar surface area (TPSA) is 40.5 Å². The van der Waals surface area contributed by atoms with E-state index in [1.807, 2.05) is 0 Å². The summed E-state index contributed by atoms with van der Waals surface area (Å²) in [4.78, 5) is 8.72. The first-order chi connectivity index (χ1) is 8.03. The van der Waals surface area contributed by atoms with Gasteiger partial charge in [0.1, 0.15) is 0 Å². The molecule has 0 bridgehead atoms. The summed E-state index contributed by atoms with van der Waals surface area (Å²) in [5, 5.41) is 8.48. The van der Waals surface area contributed by atoms with Crippen LogP contribution in [0.3, 0.4) is 0 Å². The Morgan fingerprint density at radius 1 is 0.944 bits per heavy atom. The van der Waals surface area contributed by atoms with E-state index in [-0.39, 0.29) is 0 Å². The number of anilines is 1. The highest BCUT2D eigenvalue weighted by Gasteiger charge is 2.53. The van der Waals surface area contributed by atoms with E-state index in [4.69, 9.17) is 5.11 Å². The van der Waals surface area contributed by atoms with Crippen molar-refractivity contribution in [1.82, 2.24) is 0 Å². The Morgan fingerprint density at radius 3 is 1.61 bits per heavy atom. The third-order valence-electron chi connectivity index (χ3n) is 1.88. The van der Waals surface area contributed by atoms with E-state index in [0.29, 0.717) is 24.3 Å². The maximum Gasteiger partial charge on any atom is 0.491 e. The molecule has 18 heavy (non-hydrogen) atoms. The van der Waals surface area contributed by atoms with Crippen molar-refractivity contribution in [3.8, 4) is 0 Å². The van der Waals surface area contributed by atoms with Gasteiger partial charge < -0.3 is 5.11 Å². The highest BCUT2D eigenvalue weighted by molar-refractivity contribution is 5.88. The van der Waals surface area contributed by atoms with Gasteiger partial charge in [0.15, 0.2) is 0 Å². The van der Waals surface area contributed by atoms with Gasteiger partial charge in [-0.3, -0.25) is 0 Å². The number of benzene rings is 1. The van der Waals surface area contributed by atoms with E-state index in [0.717, 1.165) is 0 Å². The van der Waals surface area contributed by atoms with Crippen LogP contribution in [0.4, 0.5) is 32.0 Å². The Morgan fingerprint density at radius 2 is 1.33 bits per heavy atom. The third kappa shape index (κ3) is 3.05. The number of aromatic carboxylic acids is 1. The average Bonchev–Trinajstić information content (AvgIpc) is 2.13. The summed E-state index contributed by atoms with van der Waals surface area (Å²) in [6.45, 7) is 0. The minimum Gasteiger partial charge on any atom is -0.478 e. The summed E-state index contributed by atoms with van der Waals surface area (Å²) < 4.78 is 73.5. The number of hydrogen-bond acceptors (Lipinski definition) is 2. The predicted molar refractivity (Wildman–Crippen MR) is 48.0 cm³/mol. The lowest BCUT2D eigenvalue weighted by Crippen LogP contribution is -2.48. The monoisotopic (exact) mass is 273 g/mol. The molecule has 0 saturated heterocycles. The number of carboxylic acid groups (broad SMARTS) is 1. The van der Waals surface area contributed by atoms with Gasteiger partial charge in [-0.15, -0.1) is 26.3 Å². The SMILES string of the molecule is O=C(O)c1ccc(N(C(F)(F)F)C(F)(F)F)cc1. The van der Waals surface area contributed by atoms with Crippen LogP contribution in [-0.4, -0.2) is 23.7 Å². The van der Waals surface area contributed by atoms with Crippen LogP contribution in [0.15, 0.2) is 24.3 Å². The highest BCUT2D eigenvalue weighted by atomic mass is 19.4. The molecule has 1 N–H and O–H groups in total. The zero-order valence-corrected chi connectivity index (χ0v) is 8.38. The van der Waals surface area contributed by atoms with Crippen molar-refractivity contribution < 1.29 is 36.2 Å². The number of halogens is 6. The van der Waals surface area contributed by atoms with Crippen LogP contribution in [-0.2, 0) is 0 Å². The number of carboxylic acids is 1. The first-order valence-electron chi connectivity index (χ1n) is 4.30. The fourth-order valence-electron chi connectivity index (χ4n) is 1.19. The van der Waals surface area contributed by atoms with Crippen LogP contribution in [0.2, 0.25) is 0 Å². The largest absolute Gasteiger partial charge is 0.491 e. The molecule has 0 heterocycles. The van der Waals surface area contributed by atoms with Crippen molar-refractivity contribution in [3.05, 3.63) is 29.8 Å². The molecule has 0 amide bonds. The van der Waals surface area contributed by atoms with Gasteiger partial charge in [0.05, 0.1) is 11.3 Å². The molecular formula is C9H5F6NO2. The van der Waals surface area contributed by atoms with E-state index >= 15 is 0 Å². The molecule has 0 spiro atoms. The van der Waals surface area contributed by atoms with Crippen molar-refractivity contribution >= 4 is 11.7 Å². The fourth-order valence-corrected chi connectivity index (χ4v) is 1.19. The predicted octanol–water partition coefficient (Wildman–Crippen LogP) is 3.23. The number of carbonyl (C=O) groups is 1. The molecule has 0 aliphatic heterocycles. The summed E-state index contributed by atoms with van der Waals surface area (Å²) in [5.41, 5.74) is -1.62. The van der Waals surface area contributed by atoms with E-state index in [9.17, 15) is 31.1 Å². The second-order valence-corrected chi connectivity index (χ2v) is 3.12. The Labute approximate surface area is 96.2 Å². The molecule has 0 unspecified atom stereocenters. The molecule has 0 atom stereocenters. The maximum atomic E-state index is 12.3. The van der Waals surface area contributed by atoms with E-state index in [2.05, 4.69) is 0 Å². The Hall–Kier alpha value is -1.93. The number of hydrogen-bond donors (Lipinski definition) is 1. The van der Waals surface area contributed by atoms with Gasteiger partial charge in [0, 0.05) is 0 Å². The van der Waals surface area contributed by atoms with Gasteiger partial charge >= 0.3 is 18.6 Å². The standard InChI is InChI=1S/C9H5F6NO2/c10-8(11,12)16(9(13,14)15)6-3-1-5(2-4-6)7(17)18/h1-4H,(H,17,18). The summed E-state index contributed by atoms with van der Waals surface area (Å²) >= 11 is 0. The van der Waals surface area contributed by atoms with Crippen molar-refractivity contribution in [2.75, 3.05) is 4.90 Å². The minimum absolute atomic E-state index is 0.414. The summed E-state index contributed by atoms with van der Waals surface area (Å²) in [6, 6.07) is 2.18. The molecule has 1 rings (SSSR count). The number of alkyl halides is 6. The molecule has 0 radical (unpaired) electrons. The highest BCUT2D eigenvalue weighted by Crippen LogP contribution is 2.38. The second-order valence-electron chi connectivity index (χ2n) is 3.12. The average molecular weight is 273 g/mol. The Kier molecular flexibility index (Phi) is 3.45. The summed E-state index contributed by atoms with van der Waals surface area (Å²) in [7, 11) is 0.